The van der Waals surface area contributed by atoms with Gasteiger partial charge in [0.05, 0.1) is 17.8 Å². The molecule has 2 aliphatic heterocycles. The van der Waals surface area contributed by atoms with E-state index >= 15 is 0 Å². The van der Waals surface area contributed by atoms with Crippen LogP contribution < -0.4 is 4.90 Å². The molecule has 2 saturated heterocycles. The first-order valence-corrected chi connectivity index (χ1v) is 13.9. The third-order valence-electron chi connectivity index (χ3n) is 8.27. The summed E-state index contributed by atoms with van der Waals surface area (Å²) < 4.78 is 1.85. The van der Waals surface area contributed by atoms with Crippen LogP contribution in [0.4, 0.5) is 5.69 Å². The van der Waals surface area contributed by atoms with Crippen molar-refractivity contribution in [2.45, 2.75) is 38.3 Å². The first-order valence-electron chi connectivity index (χ1n) is 13.9. The maximum Gasteiger partial charge on any atom is 0.179 e. The topological polar surface area (TPSA) is 80.0 Å². The number of fused-ring (bicyclic) bond motifs is 2. The lowest BCUT2D eigenvalue weighted by atomic mass is 10.00. The second-order valence-electron chi connectivity index (χ2n) is 10.7. The Labute approximate surface area is 227 Å². The van der Waals surface area contributed by atoms with Crippen molar-refractivity contribution in [2.24, 2.45) is 0 Å². The second kappa shape index (κ2) is 10.2. The third kappa shape index (κ3) is 4.65. The first-order chi connectivity index (χ1) is 19.2. The molecular weight excluding hydrogens is 486 g/mol. The molecule has 8 nitrogen and oxygen atoms in total. The van der Waals surface area contributed by atoms with Crippen molar-refractivity contribution in [3.63, 3.8) is 0 Å². The predicted molar refractivity (Wildman–Crippen MR) is 153 cm³/mol. The number of piperidine rings is 1. The number of rotatable bonds is 6. The Morgan fingerprint density at radius 2 is 1.74 bits per heavy atom. The summed E-state index contributed by atoms with van der Waals surface area (Å²) >= 11 is 0. The van der Waals surface area contributed by atoms with E-state index in [2.05, 4.69) is 49.4 Å². The van der Waals surface area contributed by atoms with E-state index in [1.165, 1.54) is 25.9 Å². The average molecular weight is 518 g/mol. The molecule has 0 spiro atoms. The zero-order valence-electron chi connectivity index (χ0n) is 21.9. The molecule has 7 rings (SSSR count). The van der Waals surface area contributed by atoms with Gasteiger partial charge in [0.15, 0.2) is 11.9 Å². The zero-order chi connectivity index (χ0) is 26.2. The highest BCUT2D eigenvalue weighted by molar-refractivity contribution is 5.87. The summed E-state index contributed by atoms with van der Waals surface area (Å²) in [4.78, 5) is 26.4. The van der Waals surface area contributed by atoms with Crippen LogP contribution in [0.25, 0.3) is 33.3 Å². The fraction of sp³-hybridized carbons (Fsp3) is 0.323. The van der Waals surface area contributed by atoms with Crippen LogP contribution in [-0.4, -0.2) is 68.4 Å². The lowest BCUT2D eigenvalue weighted by Crippen LogP contribution is -2.44. The first kappa shape index (κ1) is 23.9. The van der Waals surface area contributed by atoms with Crippen LogP contribution in [0.5, 0.6) is 0 Å². The number of benzene rings is 2. The van der Waals surface area contributed by atoms with Gasteiger partial charge in [-0.05, 0) is 86.8 Å². The Bertz CT molecular complexity index is 1650. The van der Waals surface area contributed by atoms with Crippen LogP contribution in [-0.2, 0) is 6.54 Å². The Hall–Kier alpha value is -4.17. The fourth-order valence-electron chi connectivity index (χ4n) is 6.17. The minimum absolute atomic E-state index is 0.569. The average Bonchev–Trinajstić information content (AvgIpc) is 3.68. The largest absolute Gasteiger partial charge is 0.371 e. The minimum atomic E-state index is 0.569. The number of aldehydes is 1. The lowest BCUT2D eigenvalue weighted by Gasteiger charge is -2.38. The van der Waals surface area contributed by atoms with Crippen molar-refractivity contribution in [2.75, 3.05) is 31.1 Å². The number of hydrogen-bond donors (Lipinski definition) is 0. The highest BCUT2D eigenvalue weighted by Gasteiger charge is 2.27. The molecule has 196 valence electrons. The van der Waals surface area contributed by atoms with E-state index in [-0.39, 0.29) is 0 Å². The van der Waals surface area contributed by atoms with E-state index < -0.39 is 0 Å². The highest BCUT2D eigenvalue weighted by Crippen LogP contribution is 2.31. The number of likely N-dealkylation sites (tertiary alicyclic amines) is 1. The fourth-order valence-corrected chi connectivity index (χ4v) is 6.17. The molecule has 0 amide bonds. The Kier molecular flexibility index (Phi) is 6.25. The van der Waals surface area contributed by atoms with Gasteiger partial charge in [-0.3, -0.25) is 9.78 Å². The summed E-state index contributed by atoms with van der Waals surface area (Å²) in [6.07, 6.45) is 7.71. The molecule has 8 heteroatoms. The predicted octanol–water partition coefficient (Wildman–Crippen LogP) is 4.97. The summed E-state index contributed by atoms with van der Waals surface area (Å²) in [7, 11) is 0. The molecule has 2 fully saturated rings. The molecule has 39 heavy (non-hydrogen) atoms. The molecule has 0 saturated carbocycles. The second-order valence-corrected chi connectivity index (χ2v) is 10.7. The maximum atomic E-state index is 12.0. The standard InChI is InChI=1S/C31H31N7O/c39-21-25-7-6-24(19-30(25)37-16-11-26(12-17-37)36-14-1-2-15-36)28-9-10-29-31(33-28)38(35-34-29)20-22-5-8-27-23(18-22)4-3-13-32-27/h3-10,13,18-19,21,26H,1-2,11-12,14-17,20H2. The number of carbonyl (C=O) groups is 1. The summed E-state index contributed by atoms with van der Waals surface area (Å²) in [6, 6.07) is 20.9. The van der Waals surface area contributed by atoms with Crippen LogP contribution in [0.1, 0.15) is 41.6 Å². The number of anilines is 1. The molecule has 5 heterocycles. The van der Waals surface area contributed by atoms with Crippen molar-refractivity contribution in [3.05, 3.63) is 78.0 Å². The quantitative estimate of drug-likeness (QED) is 0.294. The SMILES string of the molecule is O=Cc1ccc(-c2ccc3nnn(Cc4ccc5ncccc5c4)c3n2)cc1N1CCC(N2CCCC2)CC1. The van der Waals surface area contributed by atoms with Crippen molar-refractivity contribution in [3.8, 4) is 11.3 Å². The van der Waals surface area contributed by atoms with Gasteiger partial charge in [-0.1, -0.05) is 23.4 Å². The molecule has 5 aromatic rings. The van der Waals surface area contributed by atoms with Crippen molar-refractivity contribution >= 4 is 34.0 Å². The van der Waals surface area contributed by atoms with Crippen LogP contribution >= 0.6 is 0 Å². The monoisotopic (exact) mass is 517 g/mol. The van der Waals surface area contributed by atoms with Crippen LogP contribution in [0, 0.1) is 0 Å². The molecule has 0 bridgehead atoms. The van der Waals surface area contributed by atoms with Gasteiger partial charge >= 0.3 is 0 Å². The number of pyridine rings is 2. The number of hydrogen-bond acceptors (Lipinski definition) is 7. The van der Waals surface area contributed by atoms with Crippen molar-refractivity contribution in [1.82, 2.24) is 29.9 Å². The Morgan fingerprint density at radius 3 is 2.59 bits per heavy atom. The zero-order valence-corrected chi connectivity index (χ0v) is 21.9. The third-order valence-corrected chi connectivity index (χ3v) is 8.27. The highest BCUT2D eigenvalue weighted by atomic mass is 16.1. The van der Waals surface area contributed by atoms with E-state index in [0.29, 0.717) is 12.6 Å². The molecule has 0 atom stereocenters. The van der Waals surface area contributed by atoms with E-state index in [0.717, 1.165) is 82.4 Å². The van der Waals surface area contributed by atoms with Gasteiger partial charge in [0, 0.05) is 47.5 Å². The number of carbonyl (C=O) groups excluding carboxylic acids is 1. The molecule has 0 radical (unpaired) electrons. The smallest absolute Gasteiger partial charge is 0.179 e. The molecule has 2 aliphatic rings. The minimum Gasteiger partial charge on any atom is -0.371 e. The summed E-state index contributed by atoms with van der Waals surface area (Å²) in [5, 5.41) is 9.84. The summed E-state index contributed by atoms with van der Waals surface area (Å²) in [6.45, 7) is 4.97. The summed E-state index contributed by atoms with van der Waals surface area (Å²) in [5.41, 5.74) is 7.16. The van der Waals surface area contributed by atoms with Gasteiger partial charge < -0.3 is 9.80 Å². The van der Waals surface area contributed by atoms with E-state index in [1.54, 1.807) is 0 Å². The van der Waals surface area contributed by atoms with Gasteiger partial charge in [0.25, 0.3) is 0 Å². The van der Waals surface area contributed by atoms with Gasteiger partial charge in [0.2, 0.25) is 0 Å². The molecular formula is C31H31N7O. The Balaban J connectivity index is 1.16. The van der Waals surface area contributed by atoms with Gasteiger partial charge in [-0.15, -0.1) is 5.10 Å². The van der Waals surface area contributed by atoms with Crippen molar-refractivity contribution in [1.29, 1.82) is 0 Å². The normalized spacial score (nSPS) is 16.9. The van der Waals surface area contributed by atoms with Crippen LogP contribution in [0.15, 0.2) is 66.9 Å². The molecule has 0 aliphatic carbocycles. The van der Waals surface area contributed by atoms with Crippen molar-refractivity contribution < 1.29 is 4.79 Å². The van der Waals surface area contributed by atoms with Gasteiger partial charge in [0.1, 0.15) is 5.52 Å². The lowest BCUT2D eigenvalue weighted by molar-refractivity contribution is 0.112. The molecule has 2 aromatic carbocycles. The molecule has 0 N–H and O–H groups in total. The van der Waals surface area contributed by atoms with E-state index in [9.17, 15) is 4.79 Å². The van der Waals surface area contributed by atoms with E-state index in [1.807, 2.05) is 47.3 Å². The maximum absolute atomic E-state index is 12.0. The van der Waals surface area contributed by atoms with Gasteiger partial charge in [-0.25, -0.2) is 9.67 Å². The summed E-state index contributed by atoms with van der Waals surface area (Å²) in [5.74, 6) is 0. The number of nitrogens with zero attached hydrogens (tertiary/aromatic N) is 7. The molecule has 3 aromatic heterocycles. The van der Waals surface area contributed by atoms with E-state index in [4.69, 9.17) is 4.98 Å². The van der Waals surface area contributed by atoms with Crippen LogP contribution in [0.2, 0.25) is 0 Å². The molecule has 0 unspecified atom stereocenters. The number of aromatic nitrogens is 5. The van der Waals surface area contributed by atoms with Gasteiger partial charge in [-0.2, -0.15) is 0 Å². The Morgan fingerprint density at radius 1 is 0.897 bits per heavy atom. The van der Waals surface area contributed by atoms with Crippen LogP contribution in [0.3, 0.4) is 0 Å².